The molecule has 0 fully saturated rings. The number of rotatable bonds is 4. The lowest BCUT2D eigenvalue weighted by Gasteiger charge is -2.38. The lowest BCUT2D eigenvalue weighted by Crippen LogP contribution is -2.51. The molecule has 0 aliphatic heterocycles. The summed E-state index contributed by atoms with van der Waals surface area (Å²) in [7, 11) is 0. The SMILES string of the molecule is CC(C)(O)C(C)(C)Nc1cc(C(F)(F)F)ncc1[N+](=O)[O-]. The van der Waals surface area contributed by atoms with Gasteiger partial charge in [0.25, 0.3) is 0 Å². The second kappa shape index (κ2) is 5.14. The van der Waals surface area contributed by atoms with E-state index in [2.05, 4.69) is 10.3 Å². The number of hydrogen-bond donors (Lipinski definition) is 2. The van der Waals surface area contributed by atoms with Gasteiger partial charge in [0.2, 0.25) is 0 Å². The average Bonchev–Trinajstić information content (AvgIpc) is 2.25. The van der Waals surface area contributed by atoms with Crippen molar-refractivity contribution in [3.8, 4) is 0 Å². The van der Waals surface area contributed by atoms with Crippen LogP contribution in [0.4, 0.5) is 24.5 Å². The summed E-state index contributed by atoms with van der Waals surface area (Å²) in [5.74, 6) is 0. The Morgan fingerprint density at radius 3 is 2.19 bits per heavy atom. The zero-order valence-corrected chi connectivity index (χ0v) is 11.9. The first-order valence-corrected chi connectivity index (χ1v) is 5.98. The standard InChI is InChI=1S/C12H16F3N3O3/c1-10(2,11(3,4)19)17-7-5-9(12(13,14)15)16-6-8(7)18(20)21/h5-6,19H,1-4H3,(H,16,17). The van der Waals surface area contributed by atoms with Crippen LogP contribution >= 0.6 is 0 Å². The first-order chi connectivity index (χ1) is 9.25. The molecule has 1 heterocycles. The number of aliphatic hydroxyl groups is 1. The number of nitro groups is 1. The Morgan fingerprint density at radius 1 is 1.29 bits per heavy atom. The van der Waals surface area contributed by atoms with Crippen LogP contribution in [-0.2, 0) is 6.18 Å². The second-order valence-corrected chi connectivity index (χ2v) is 5.65. The van der Waals surface area contributed by atoms with Crippen molar-refractivity contribution in [3.63, 3.8) is 0 Å². The molecule has 0 aliphatic carbocycles. The number of nitrogens with one attached hydrogen (secondary N) is 1. The van der Waals surface area contributed by atoms with Crippen LogP contribution in [0.1, 0.15) is 33.4 Å². The second-order valence-electron chi connectivity index (χ2n) is 5.65. The molecule has 0 aromatic carbocycles. The fourth-order valence-electron chi connectivity index (χ4n) is 1.34. The van der Waals surface area contributed by atoms with Gasteiger partial charge in [0.15, 0.2) is 0 Å². The fourth-order valence-corrected chi connectivity index (χ4v) is 1.34. The number of alkyl halides is 3. The molecule has 0 saturated heterocycles. The summed E-state index contributed by atoms with van der Waals surface area (Å²) in [6.45, 7) is 5.92. The molecule has 1 rings (SSSR count). The van der Waals surface area contributed by atoms with E-state index in [9.17, 15) is 28.4 Å². The molecule has 0 aliphatic rings. The molecule has 2 N–H and O–H groups in total. The number of pyridine rings is 1. The van der Waals surface area contributed by atoms with Gasteiger partial charge in [0.1, 0.15) is 17.6 Å². The van der Waals surface area contributed by atoms with Crippen molar-refractivity contribution in [2.24, 2.45) is 0 Å². The van der Waals surface area contributed by atoms with E-state index in [4.69, 9.17) is 0 Å². The summed E-state index contributed by atoms with van der Waals surface area (Å²) in [4.78, 5) is 13.1. The smallest absolute Gasteiger partial charge is 0.388 e. The van der Waals surface area contributed by atoms with E-state index in [-0.39, 0.29) is 5.69 Å². The van der Waals surface area contributed by atoms with E-state index >= 15 is 0 Å². The maximum atomic E-state index is 12.7. The molecule has 1 aromatic rings. The van der Waals surface area contributed by atoms with Crippen LogP contribution in [0.5, 0.6) is 0 Å². The third-order valence-corrected chi connectivity index (χ3v) is 3.35. The van der Waals surface area contributed by atoms with Crippen LogP contribution < -0.4 is 5.32 Å². The summed E-state index contributed by atoms with van der Waals surface area (Å²) < 4.78 is 38.0. The lowest BCUT2D eigenvalue weighted by molar-refractivity contribution is -0.384. The van der Waals surface area contributed by atoms with Crippen LogP contribution in [0.25, 0.3) is 0 Å². The Morgan fingerprint density at radius 2 is 1.81 bits per heavy atom. The van der Waals surface area contributed by atoms with Crippen molar-refractivity contribution >= 4 is 11.4 Å². The zero-order chi connectivity index (χ0) is 16.6. The van der Waals surface area contributed by atoms with Crippen LogP contribution in [0.15, 0.2) is 12.3 Å². The molecular formula is C12H16F3N3O3. The van der Waals surface area contributed by atoms with Gasteiger partial charge in [-0.2, -0.15) is 13.2 Å². The molecule has 9 heteroatoms. The van der Waals surface area contributed by atoms with Gasteiger partial charge < -0.3 is 10.4 Å². The predicted octanol–water partition coefficient (Wildman–Crippen LogP) is 2.97. The number of anilines is 1. The number of halogens is 3. The zero-order valence-electron chi connectivity index (χ0n) is 11.9. The molecule has 0 saturated carbocycles. The first-order valence-electron chi connectivity index (χ1n) is 5.98. The van der Waals surface area contributed by atoms with Gasteiger partial charge in [-0.05, 0) is 33.8 Å². The highest BCUT2D eigenvalue weighted by molar-refractivity contribution is 5.62. The summed E-state index contributed by atoms with van der Waals surface area (Å²) in [6.07, 6.45) is -4.17. The molecule has 0 bridgehead atoms. The van der Waals surface area contributed by atoms with E-state index < -0.39 is 33.6 Å². The van der Waals surface area contributed by atoms with Crippen LogP contribution in [0.2, 0.25) is 0 Å². The van der Waals surface area contributed by atoms with Gasteiger partial charge in [-0.15, -0.1) is 0 Å². The molecule has 1 aromatic heterocycles. The molecule has 21 heavy (non-hydrogen) atoms. The summed E-state index contributed by atoms with van der Waals surface area (Å²) in [5, 5.41) is 23.5. The topological polar surface area (TPSA) is 88.3 Å². The quantitative estimate of drug-likeness (QED) is 0.659. The molecule has 0 amide bonds. The Hall–Kier alpha value is -1.90. The number of nitrogens with zero attached hydrogens (tertiary/aromatic N) is 2. The Bertz CT molecular complexity index is 551. The Kier molecular flexibility index (Phi) is 4.20. The highest BCUT2D eigenvalue weighted by atomic mass is 19.4. The minimum absolute atomic E-state index is 0.352. The largest absolute Gasteiger partial charge is 0.433 e. The highest BCUT2D eigenvalue weighted by Gasteiger charge is 2.38. The third-order valence-electron chi connectivity index (χ3n) is 3.35. The lowest BCUT2D eigenvalue weighted by atomic mass is 9.85. The van der Waals surface area contributed by atoms with Crippen molar-refractivity contribution in [3.05, 3.63) is 28.1 Å². The summed E-state index contributed by atoms with van der Waals surface area (Å²) in [6, 6.07) is 0.561. The van der Waals surface area contributed by atoms with Gasteiger partial charge in [-0.3, -0.25) is 10.1 Å². The van der Waals surface area contributed by atoms with Crippen molar-refractivity contribution in [2.45, 2.75) is 45.0 Å². The van der Waals surface area contributed by atoms with E-state index in [1.165, 1.54) is 27.7 Å². The molecule has 118 valence electrons. The van der Waals surface area contributed by atoms with Gasteiger partial charge >= 0.3 is 11.9 Å². The van der Waals surface area contributed by atoms with E-state index in [0.29, 0.717) is 12.3 Å². The van der Waals surface area contributed by atoms with Crippen LogP contribution in [-0.4, -0.2) is 26.2 Å². The van der Waals surface area contributed by atoms with Crippen molar-refractivity contribution < 1.29 is 23.2 Å². The van der Waals surface area contributed by atoms with E-state index in [0.717, 1.165) is 0 Å². The van der Waals surface area contributed by atoms with Crippen molar-refractivity contribution in [2.75, 3.05) is 5.32 Å². The monoisotopic (exact) mass is 307 g/mol. The van der Waals surface area contributed by atoms with E-state index in [1.54, 1.807) is 0 Å². The normalized spacial score (nSPS) is 13.1. The Balaban J connectivity index is 3.35. The van der Waals surface area contributed by atoms with Crippen LogP contribution in [0.3, 0.4) is 0 Å². The minimum Gasteiger partial charge on any atom is -0.388 e. The van der Waals surface area contributed by atoms with E-state index in [1.807, 2.05) is 0 Å². The minimum atomic E-state index is -4.72. The van der Waals surface area contributed by atoms with Gasteiger partial charge in [-0.1, -0.05) is 0 Å². The molecule has 0 radical (unpaired) electrons. The van der Waals surface area contributed by atoms with Gasteiger partial charge in [0.05, 0.1) is 16.1 Å². The van der Waals surface area contributed by atoms with Crippen molar-refractivity contribution in [1.29, 1.82) is 0 Å². The molecule has 0 spiro atoms. The van der Waals surface area contributed by atoms with Crippen LogP contribution in [0, 0.1) is 10.1 Å². The van der Waals surface area contributed by atoms with Crippen molar-refractivity contribution in [1.82, 2.24) is 4.98 Å². The maximum absolute atomic E-state index is 12.7. The fraction of sp³-hybridized carbons (Fsp3) is 0.583. The van der Waals surface area contributed by atoms with Gasteiger partial charge in [-0.25, -0.2) is 4.98 Å². The maximum Gasteiger partial charge on any atom is 0.433 e. The average molecular weight is 307 g/mol. The number of hydrogen-bond acceptors (Lipinski definition) is 5. The Labute approximate surface area is 119 Å². The first kappa shape index (κ1) is 17.2. The highest BCUT2D eigenvalue weighted by Crippen LogP contribution is 2.35. The summed E-state index contributed by atoms with van der Waals surface area (Å²) in [5.41, 5.74) is -4.64. The number of aromatic nitrogens is 1. The predicted molar refractivity (Wildman–Crippen MR) is 69.9 cm³/mol. The molecule has 0 unspecified atom stereocenters. The van der Waals surface area contributed by atoms with Gasteiger partial charge in [0, 0.05) is 0 Å². The molecule has 0 atom stereocenters. The summed E-state index contributed by atoms with van der Waals surface area (Å²) >= 11 is 0. The molecule has 6 nitrogen and oxygen atoms in total. The molecular weight excluding hydrogens is 291 g/mol. The third kappa shape index (κ3) is 3.81.